The van der Waals surface area contributed by atoms with Crippen LogP contribution in [0.4, 0.5) is 22.7 Å². The van der Waals surface area contributed by atoms with Gasteiger partial charge < -0.3 is 14.7 Å². The van der Waals surface area contributed by atoms with Crippen LogP contribution in [0, 0.1) is 10.1 Å². The number of carboxylic acid groups (broad SMARTS) is 1. The monoisotopic (exact) mass is 638 g/mol. The summed E-state index contributed by atoms with van der Waals surface area (Å²) in [6.45, 7) is 5.51. The normalized spacial score (nSPS) is 11.2. The summed E-state index contributed by atoms with van der Waals surface area (Å²) in [5.41, 5.74) is 1.13. The van der Waals surface area contributed by atoms with Crippen molar-refractivity contribution in [3.05, 3.63) is 58.1 Å². The van der Waals surface area contributed by atoms with E-state index in [0.29, 0.717) is 18.8 Å². The van der Waals surface area contributed by atoms with Crippen molar-refractivity contribution in [2.24, 2.45) is 10.2 Å². The highest BCUT2D eigenvalue weighted by Crippen LogP contribution is 2.31. The molecule has 2 aromatic rings. The lowest BCUT2D eigenvalue weighted by molar-refractivity contribution is -0.384. The second-order valence-electron chi connectivity index (χ2n) is 11.8. The van der Waals surface area contributed by atoms with E-state index < -0.39 is 16.9 Å². The number of ether oxygens (including phenoxy) is 1. The van der Waals surface area contributed by atoms with Gasteiger partial charge in [-0.3, -0.25) is 14.9 Å². The second kappa shape index (κ2) is 23.5. The average Bonchev–Trinajstić information content (AvgIpc) is 3.05. The summed E-state index contributed by atoms with van der Waals surface area (Å²) in [4.78, 5) is 36.5. The van der Waals surface area contributed by atoms with E-state index in [-0.39, 0.29) is 30.0 Å². The standard InChI is InChI=1S/C36H54N4O6/c1-3-5-6-7-8-9-10-11-12-13-14-15-16-17-18-19-28-46-36(43)30-20-25-33(34(29-30)40(44)45)38-37-31-21-23-32(24-22-31)39(4-2)27-26-35(41)42/h20-25,29H,3-19,26-28H2,1-2H3,(H,41,42). The molecule has 0 amide bonds. The predicted molar refractivity (Wildman–Crippen MR) is 184 cm³/mol. The van der Waals surface area contributed by atoms with E-state index in [1.54, 1.807) is 24.3 Å². The van der Waals surface area contributed by atoms with Gasteiger partial charge in [-0.2, -0.15) is 5.11 Å². The zero-order chi connectivity index (χ0) is 33.4. The molecule has 0 fully saturated rings. The number of nitro benzene ring substituents is 1. The number of hydrogen-bond acceptors (Lipinski definition) is 8. The van der Waals surface area contributed by atoms with Gasteiger partial charge >= 0.3 is 11.9 Å². The molecule has 0 unspecified atom stereocenters. The van der Waals surface area contributed by atoms with Gasteiger partial charge in [0.2, 0.25) is 0 Å². The maximum atomic E-state index is 12.5. The van der Waals surface area contributed by atoms with E-state index in [1.807, 2.05) is 11.8 Å². The van der Waals surface area contributed by atoms with Crippen molar-refractivity contribution in [3.8, 4) is 0 Å². The highest BCUT2D eigenvalue weighted by atomic mass is 16.6. The number of carbonyl (C=O) groups is 2. The topological polar surface area (TPSA) is 135 Å². The van der Waals surface area contributed by atoms with Gasteiger partial charge in [0, 0.05) is 24.8 Å². The molecule has 0 bridgehead atoms. The number of nitro groups is 1. The summed E-state index contributed by atoms with van der Waals surface area (Å²) in [6.07, 6.45) is 20.3. The van der Waals surface area contributed by atoms with Crippen LogP contribution in [0.5, 0.6) is 0 Å². The van der Waals surface area contributed by atoms with Crippen molar-refractivity contribution in [1.29, 1.82) is 0 Å². The van der Waals surface area contributed by atoms with Crippen molar-refractivity contribution < 1.29 is 24.4 Å². The lowest BCUT2D eigenvalue weighted by Gasteiger charge is -2.22. The van der Waals surface area contributed by atoms with E-state index in [9.17, 15) is 19.7 Å². The molecule has 0 saturated carbocycles. The van der Waals surface area contributed by atoms with Gasteiger partial charge in [0.15, 0.2) is 5.69 Å². The molecule has 2 aromatic carbocycles. The Morgan fingerprint density at radius 1 is 0.783 bits per heavy atom. The average molecular weight is 639 g/mol. The van der Waals surface area contributed by atoms with E-state index in [1.165, 1.54) is 102 Å². The molecule has 0 aliphatic heterocycles. The number of nitrogens with zero attached hydrogens (tertiary/aromatic N) is 4. The number of anilines is 1. The molecular weight excluding hydrogens is 584 g/mol. The first-order valence-corrected chi connectivity index (χ1v) is 17.3. The molecule has 10 heteroatoms. The molecule has 2 rings (SSSR count). The number of hydrogen-bond donors (Lipinski definition) is 1. The van der Waals surface area contributed by atoms with Gasteiger partial charge in [0.25, 0.3) is 5.69 Å². The quantitative estimate of drug-likeness (QED) is 0.0356. The van der Waals surface area contributed by atoms with Gasteiger partial charge in [-0.05, 0) is 49.7 Å². The lowest BCUT2D eigenvalue weighted by Crippen LogP contribution is -2.25. The number of aliphatic carboxylic acids is 1. The lowest BCUT2D eigenvalue weighted by atomic mass is 10.0. The van der Waals surface area contributed by atoms with Crippen LogP contribution in [0.15, 0.2) is 52.7 Å². The summed E-state index contributed by atoms with van der Waals surface area (Å²) in [7, 11) is 0. The molecule has 0 heterocycles. The van der Waals surface area contributed by atoms with Crippen molar-refractivity contribution in [2.45, 2.75) is 123 Å². The minimum Gasteiger partial charge on any atom is -0.481 e. The van der Waals surface area contributed by atoms with Crippen LogP contribution in [0.2, 0.25) is 0 Å². The molecule has 0 aliphatic rings. The van der Waals surface area contributed by atoms with Crippen molar-refractivity contribution in [2.75, 3.05) is 24.6 Å². The zero-order valence-electron chi connectivity index (χ0n) is 28.0. The Bertz CT molecular complexity index is 1200. The third-order valence-electron chi connectivity index (χ3n) is 8.10. The van der Waals surface area contributed by atoms with Gasteiger partial charge in [0.1, 0.15) is 0 Å². The minimum atomic E-state index is -0.861. The number of esters is 1. The fourth-order valence-corrected chi connectivity index (χ4v) is 5.32. The Hall–Kier alpha value is -3.82. The molecule has 0 aliphatic carbocycles. The molecule has 10 nitrogen and oxygen atoms in total. The van der Waals surface area contributed by atoms with Crippen LogP contribution in [0.1, 0.15) is 133 Å². The number of unbranched alkanes of at least 4 members (excludes halogenated alkanes) is 15. The Labute approximate surface area is 274 Å². The number of azo groups is 1. The van der Waals surface area contributed by atoms with E-state index >= 15 is 0 Å². The van der Waals surface area contributed by atoms with Crippen LogP contribution < -0.4 is 4.90 Å². The Kier molecular flexibility index (Phi) is 19.6. The Balaban J connectivity index is 1.68. The number of carbonyl (C=O) groups excluding carboxylic acids is 1. The summed E-state index contributed by atoms with van der Waals surface area (Å²) >= 11 is 0. The first-order chi connectivity index (χ1) is 22.3. The van der Waals surface area contributed by atoms with Crippen LogP contribution in [-0.4, -0.2) is 41.7 Å². The first kappa shape index (κ1) is 38.4. The van der Waals surface area contributed by atoms with Crippen molar-refractivity contribution >= 4 is 34.7 Å². The number of carboxylic acids is 1. The largest absolute Gasteiger partial charge is 0.481 e. The van der Waals surface area contributed by atoms with Crippen LogP contribution >= 0.6 is 0 Å². The molecule has 46 heavy (non-hydrogen) atoms. The minimum absolute atomic E-state index is 0.0278. The molecule has 0 atom stereocenters. The molecule has 0 aromatic heterocycles. The maximum Gasteiger partial charge on any atom is 0.338 e. The van der Waals surface area contributed by atoms with Gasteiger partial charge in [0.05, 0.1) is 29.2 Å². The van der Waals surface area contributed by atoms with Gasteiger partial charge in [-0.1, -0.05) is 103 Å². The Morgan fingerprint density at radius 3 is 1.83 bits per heavy atom. The van der Waals surface area contributed by atoms with Gasteiger partial charge in [-0.25, -0.2) is 4.79 Å². The SMILES string of the molecule is CCCCCCCCCCCCCCCCCCOC(=O)c1ccc(N=Nc2ccc(N(CC)CCC(=O)O)cc2)c([N+](=O)[O-])c1. The summed E-state index contributed by atoms with van der Waals surface area (Å²) in [5, 5.41) is 28.8. The highest BCUT2D eigenvalue weighted by molar-refractivity contribution is 5.91. The summed E-state index contributed by atoms with van der Waals surface area (Å²) in [5.74, 6) is -1.45. The maximum absolute atomic E-state index is 12.5. The molecular formula is C36H54N4O6. The molecule has 0 radical (unpaired) electrons. The number of benzene rings is 2. The molecule has 1 N–H and O–H groups in total. The second-order valence-corrected chi connectivity index (χ2v) is 11.8. The smallest absolute Gasteiger partial charge is 0.338 e. The zero-order valence-corrected chi connectivity index (χ0v) is 28.0. The third-order valence-corrected chi connectivity index (χ3v) is 8.10. The molecule has 254 valence electrons. The predicted octanol–water partition coefficient (Wildman–Crippen LogP) is 10.7. The summed E-state index contributed by atoms with van der Waals surface area (Å²) in [6, 6.07) is 11.0. The fourth-order valence-electron chi connectivity index (χ4n) is 5.32. The van der Waals surface area contributed by atoms with E-state index in [2.05, 4.69) is 17.2 Å². The summed E-state index contributed by atoms with van der Waals surface area (Å²) < 4.78 is 5.37. The number of rotatable bonds is 26. The van der Waals surface area contributed by atoms with Crippen LogP contribution in [0.25, 0.3) is 0 Å². The van der Waals surface area contributed by atoms with E-state index in [4.69, 9.17) is 9.84 Å². The Morgan fingerprint density at radius 2 is 1.33 bits per heavy atom. The molecule has 0 saturated heterocycles. The van der Waals surface area contributed by atoms with Crippen LogP contribution in [0.3, 0.4) is 0 Å². The molecule has 0 spiro atoms. The van der Waals surface area contributed by atoms with E-state index in [0.717, 1.165) is 24.9 Å². The van der Waals surface area contributed by atoms with Crippen molar-refractivity contribution in [3.63, 3.8) is 0 Å². The third kappa shape index (κ3) is 16.0. The fraction of sp³-hybridized carbons (Fsp3) is 0.611. The highest BCUT2D eigenvalue weighted by Gasteiger charge is 2.18. The van der Waals surface area contributed by atoms with Crippen molar-refractivity contribution in [1.82, 2.24) is 0 Å². The van der Waals surface area contributed by atoms with Gasteiger partial charge in [-0.15, -0.1) is 5.11 Å². The first-order valence-electron chi connectivity index (χ1n) is 17.3. The van der Waals surface area contributed by atoms with Crippen LogP contribution in [-0.2, 0) is 9.53 Å².